The van der Waals surface area contributed by atoms with E-state index < -0.39 is 0 Å². The predicted octanol–water partition coefficient (Wildman–Crippen LogP) is 3.94. The summed E-state index contributed by atoms with van der Waals surface area (Å²) in [5, 5.41) is 3.36. The smallest absolute Gasteiger partial charge is 0.193 e. The summed E-state index contributed by atoms with van der Waals surface area (Å²) >= 11 is 0. The van der Waals surface area contributed by atoms with Gasteiger partial charge in [-0.15, -0.1) is 24.0 Å². The number of guanidine groups is 1. The number of hydrogen-bond acceptors (Lipinski definition) is 2. The number of ether oxygens (including phenoxy) is 1. The van der Waals surface area contributed by atoms with Crippen molar-refractivity contribution < 1.29 is 4.74 Å². The highest BCUT2D eigenvalue weighted by Crippen LogP contribution is 2.12. The molecule has 0 heterocycles. The predicted molar refractivity (Wildman–Crippen MR) is 110 cm³/mol. The Bertz CT molecular complexity index is 434. The summed E-state index contributed by atoms with van der Waals surface area (Å²) in [5.74, 6) is 1.93. The van der Waals surface area contributed by atoms with Crippen LogP contribution in [-0.2, 0) is 6.42 Å². The van der Waals surface area contributed by atoms with Crippen LogP contribution >= 0.6 is 24.0 Å². The van der Waals surface area contributed by atoms with E-state index >= 15 is 0 Å². The zero-order valence-corrected chi connectivity index (χ0v) is 17.3. The van der Waals surface area contributed by atoms with Crippen LogP contribution in [0, 0.1) is 0 Å². The number of methoxy groups -OCH3 is 1. The van der Waals surface area contributed by atoms with Crippen LogP contribution in [0.25, 0.3) is 0 Å². The lowest BCUT2D eigenvalue weighted by atomic mass is 10.1. The molecule has 1 rings (SSSR count). The molecule has 0 aliphatic rings. The molecule has 1 aromatic carbocycles. The highest BCUT2D eigenvalue weighted by molar-refractivity contribution is 14.0. The van der Waals surface area contributed by atoms with Crippen molar-refractivity contribution in [3.63, 3.8) is 0 Å². The van der Waals surface area contributed by atoms with Crippen molar-refractivity contribution in [2.75, 3.05) is 33.8 Å². The Kier molecular flexibility index (Phi) is 12.9. The zero-order chi connectivity index (χ0) is 16.2. The molecule has 23 heavy (non-hydrogen) atoms. The van der Waals surface area contributed by atoms with Gasteiger partial charge in [0.1, 0.15) is 5.75 Å². The number of benzene rings is 1. The van der Waals surface area contributed by atoms with E-state index in [9.17, 15) is 0 Å². The van der Waals surface area contributed by atoms with Crippen molar-refractivity contribution in [2.45, 2.75) is 39.5 Å². The maximum Gasteiger partial charge on any atom is 0.193 e. The summed E-state index contributed by atoms with van der Waals surface area (Å²) in [5.41, 5.74) is 1.33. The van der Waals surface area contributed by atoms with Crippen LogP contribution in [0.2, 0.25) is 0 Å². The fourth-order valence-electron chi connectivity index (χ4n) is 2.23. The van der Waals surface area contributed by atoms with Crippen LogP contribution in [0.1, 0.15) is 38.7 Å². The van der Waals surface area contributed by atoms with Gasteiger partial charge in [-0.2, -0.15) is 0 Å². The number of hydrogen-bond donors (Lipinski definition) is 1. The monoisotopic (exact) mass is 433 g/mol. The van der Waals surface area contributed by atoms with Crippen LogP contribution < -0.4 is 10.1 Å². The van der Waals surface area contributed by atoms with Crippen LogP contribution in [0.5, 0.6) is 5.75 Å². The fraction of sp³-hybridized carbons (Fsp3) is 0.611. The Labute approximate surface area is 158 Å². The zero-order valence-electron chi connectivity index (χ0n) is 15.0. The highest BCUT2D eigenvalue weighted by Gasteiger charge is 2.04. The van der Waals surface area contributed by atoms with Crippen LogP contribution in [0.15, 0.2) is 29.3 Å². The van der Waals surface area contributed by atoms with E-state index in [1.807, 2.05) is 12.1 Å². The van der Waals surface area contributed by atoms with Crippen molar-refractivity contribution in [1.82, 2.24) is 10.2 Å². The molecule has 0 saturated carbocycles. The molecule has 0 unspecified atom stereocenters. The highest BCUT2D eigenvalue weighted by atomic mass is 127. The molecule has 1 aromatic rings. The lowest BCUT2D eigenvalue weighted by Gasteiger charge is -2.21. The minimum absolute atomic E-state index is 0. The van der Waals surface area contributed by atoms with Crippen molar-refractivity contribution in [1.29, 1.82) is 0 Å². The first-order chi connectivity index (χ1) is 10.7. The third kappa shape index (κ3) is 9.03. The molecule has 0 amide bonds. The van der Waals surface area contributed by atoms with Crippen LogP contribution in [0.3, 0.4) is 0 Å². The summed E-state index contributed by atoms with van der Waals surface area (Å²) in [6.45, 7) is 7.15. The molecule has 0 radical (unpaired) electrons. The Morgan fingerprint density at radius 2 is 1.87 bits per heavy atom. The van der Waals surface area contributed by atoms with E-state index in [2.05, 4.69) is 43.2 Å². The van der Waals surface area contributed by atoms with Gasteiger partial charge in [-0.25, -0.2) is 0 Å². The molecule has 132 valence electrons. The van der Waals surface area contributed by atoms with Gasteiger partial charge in [0.05, 0.1) is 7.11 Å². The Morgan fingerprint density at radius 3 is 2.43 bits per heavy atom. The number of aliphatic imine (C=N–C) groups is 1. The summed E-state index contributed by atoms with van der Waals surface area (Å²) in [4.78, 5) is 6.94. The van der Waals surface area contributed by atoms with Gasteiger partial charge in [-0.1, -0.05) is 25.5 Å². The molecule has 0 atom stereocenters. The first-order valence-electron chi connectivity index (χ1n) is 8.33. The maximum absolute atomic E-state index is 5.18. The Morgan fingerprint density at radius 1 is 1.17 bits per heavy atom. The van der Waals surface area contributed by atoms with Gasteiger partial charge in [0, 0.05) is 26.7 Å². The minimum Gasteiger partial charge on any atom is -0.497 e. The third-order valence-corrected chi connectivity index (χ3v) is 3.59. The van der Waals surface area contributed by atoms with Crippen molar-refractivity contribution in [3.8, 4) is 5.75 Å². The van der Waals surface area contributed by atoms with Crippen LogP contribution in [0.4, 0.5) is 0 Å². The average molecular weight is 433 g/mol. The molecule has 0 saturated heterocycles. The molecule has 0 aliphatic heterocycles. The number of unbranched alkanes of at least 4 members (excludes halogenated alkanes) is 1. The van der Waals surface area contributed by atoms with Gasteiger partial charge in [0.2, 0.25) is 0 Å². The molecule has 0 aromatic heterocycles. The van der Waals surface area contributed by atoms with Gasteiger partial charge in [0.25, 0.3) is 0 Å². The van der Waals surface area contributed by atoms with Gasteiger partial charge >= 0.3 is 0 Å². The lowest BCUT2D eigenvalue weighted by molar-refractivity contribution is 0.414. The first kappa shape index (κ1) is 22.0. The van der Waals surface area contributed by atoms with Gasteiger partial charge < -0.3 is 15.0 Å². The average Bonchev–Trinajstić information content (AvgIpc) is 2.56. The van der Waals surface area contributed by atoms with Gasteiger partial charge in [-0.05, 0) is 43.9 Å². The van der Waals surface area contributed by atoms with E-state index in [4.69, 9.17) is 9.73 Å². The summed E-state index contributed by atoms with van der Waals surface area (Å²) in [7, 11) is 3.81. The van der Waals surface area contributed by atoms with Crippen molar-refractivity contribution >= 4 is 29.9 Å². The largest absolute Gasteiger partial charge is 0.497 e. The normalized spacial score (nSPS) is 10.9. The minimum atomic E-state index is 0. The molecule has 4 nitrogen and oxygen atoms in total. The molecule has 0 aliphatic carbocycles. The van der Waals surface area contributed by atoms with E-state index in [-0.39, 0.29) is 24.0 Å². The van der Waals surface area contributed by atoms with E-state index in [0.717, 1.165) is 44.2 Å². The van der Waals surface area contributed by atoms with E-state index in [1.54, 1.807) is 7.11 Å². The number of rotatable bonds is 9. The first-order valence-corrected chi connectivity index (χ1v) is 8.33. The van der Waals surface area contributed by atoms with Gasteiger partial charge in [0.15, 0.2) is 5.96 Å². The van der Waals surface area contributed by atoms with Crippen LogP contribution in [-0.4, -0.2) is 44.7 Å². The van der Waals surface area contributed by atoms with Gasteiger partial charge in [-0.3, -0.25) is 4.99 Å². The van der Waals surface area contributed by atoms with Crippen molar-refractivity contribution in [3.05, 3.63) is 29.8 Å². The summed E-state index contributed by atoms with van der Waals surface area (Å²) in [6, 6.07) is 8.28. The third-order valence-electron chi connectivity index (χ3n) is 3.59. The fourth-order valence-corrected chi connectivity index (χ4v) is 2.23. The number of aryl methyl sites for hydroxylation is 1. The number of halogens is 1. The molecular formula is C18H32IN3O. The maximum atomic E-state index is 5.18. The molecule has 1 N–H and O–H groups in total. The summed E-state index contributed by atoms with van der Waals surface area (Å²) < 4.78 is 5.18. The Balaban J connectivity index is 0.00000484. The number of nitrogens with one attached hydrogen (secondary N) is 1. The molecule has 5 heteroatoms. The number of nitrogens with zero attached hydrogens (tertiary/aromatic N) is 2. The van der Waals surface area contributed by atoms with Crippen molar-refractivity contribution in [2.24, 2.45) is 4.99 Å². The molecule has 0 fully saturated rings. The molecule has 0 bridgehead atoms. The topological polar surface area (TPSA) is 36.9 Å². The second kappa shape index (κ2) is 13.5. The van der Waals surface area contributed by atoms with E-state index in [1.165, 1.54) is 18.4 Å². The molecular weight excluding hydrogens is 401 g/mol. The Hall–Kier alpha value is -0.980. The quantitative estimate of drug-likeness (QED) is 0.277. The SMILES string of the molecule is CCCCN(C)C(=NCCCc1ccc(OC)cc1)NCC.I. The second-order valence-corrected chi connectivity index (χ2v) is 5.46. The molecule has 0 spiro atoms. The van der Waals surface area contributed by atoms with E-state index in [0.29, 0.717) is 0 Å². The lowest BCUT2D eigenvalue weighted by Crippen LogP contribution is -2.39. The second-order valence-electron chi connectivity index (χ2n) is 5.46. The standard InChI is InChI=1S/C18H31N3O.HI/c1-5-7-15-21(3)18(19-6-2)20-14-8-9-16-10-12-17(22-4)13-11-16;/h10-13H,5-9,14-15H2,1-4H3,(H,19,20);1H. The summed E-state index contributed by atoms with van der Waals surface area (Å²) in [6.07, 6.45) is 4.52.